The van der Waals surface area contributed by atoms with Gasteiger partial charge >= 0.3 is 0 Å². The lowest BCUT2D eigenvalue weighted by Gasteiger charge is -2.34. The first-order valence-corrected chi connectivity index (χ1v) is 11.6. The molecule has 1 fully saturated rings. The van der Waals surface area contributed by atoms with E-state index in [1.807, 2.05) is 19.1 Å². The topological polar surface area (TPSA) is 62.9 Å². The van der Waals surface area contributed by atoms with Gasteiger partial charge in [0.25, 0.3) is 0 Å². The van der Waals surface area contributed by atoms with Crippen molar-refractivity contribution in [2.45, 2.75) is 78.7 Å². The molecule has 1 saturated carbocycles. The van der Waals surface area contributed by atoms with Gasteiger partial charge in [-0.1, -0.05) is 39.3 Å². The van der Waals surface area contributed by atoms with Crippen molar-refractivity contribution < 1.29 is 4.74 Å². The number of methoxy groups -OCH3 is 1. The average molecular weight is 423 g/mol. The second kappa shape index (κ2) is 10.2. The number of ether oxygens (including phenoxy) is 1. The zero-order valence-electron chi connectivity index (χ0n) is 19.8. The number of nitrogens with zero attached hydrogens (tertiary/aromatic N) is 2. The summed E-state index contributed by atoms with van der Waals surface area (Å²) in [5.41, 5.74) is 6.57. The number of fused-ring (bicyclic) bond motifs is 1. The highest BCUT2D eigenvalue weighted by Crippen LogP contribution is 2.38. The van der Waals surface area contributed by atoms with Crippen LogP contribution in [0.25, 0.3) is 5.57 Å². The quantitative estimate of drug-likeness (QED) is 0.491. The number of aliphatic imine (C=N–C) groups is 1. The van der Waals surface area contributed by atoms with Gasteiger partial charge in [0.2, 0.25) is 0 Å². The molecule has 0 saturated heterocycles. The Morgan fingerprint density at radius 1 is 1.26 bits per heavy atom. The van der Waals surface area contributed by atoms with Gasteiger partial charge in [0.15, 0.2) is 5.82 Å². The van der Waals surface area contributed by atoms with Gasteiger partial charge in [0.05, 0.1) is 7.11 Å². The summed E-state index contributed by atoms with van der Waals surface area (Å²) in [5, 5.41) is 5.58. The maximum Gasteiger partial charge on any atom is 0.157 e. The Morgan fingerprint density at radius 2 is 1.97 bits per heavy atom. The molecule has 0 radical (unpaired) electrons. The first kappa shape index (κ1) is 23.1. The molecule has 0 spiro atoms. The predicted molar refractivity (Wildman–Crippen MR) is 131 cm³/mol. The van der Waals surface area contributed by atoms with E-state index in [1.165, 1.54) is 5.57 Å². The Labute approximate surface area is 187 Å². The number of hydrazine groups is 1. The van der Waals surface area contributed by atoms with Gasteiger partial charge in [-0.15, -0.1) is 0 Å². The number of aryl methyl sites for hydroxylation is 1. The van der Waals surface area contributed by atoms with Crippen molar-refractivity contribution in [3.63, 3.8) is 0 Å². The third-order valence-corrected chi connectivity index (χ3v) is 6.15. The van der Waals surface area contributed by atoms with Crippen LogP contribution in [-0.2, 0) is 0 Å². The standard InChI is InChI=1S/C26H38N4O/c1-7-10-19(11-8-2)28-25-22-12-9-13-23(22)29-26(30(25)27)24(17(3)4)21-15-14-20(31-6)16-18(21)5/h14-16,19,28H,3,7-13,27H2,1-2,4-6H3/b26-24+. The van der Waals surface area contributed by atoms with E-state index in [9.17, 15) is 0 Å². The van der Waals surface area contributed by atoms with Gasteiger partial charge in [-0.3, -0.25) is 0 Å². The van der Waals surface area contributed by atoms with Crippen LogP contribution in [-0.4, -0.2) is 23.9 Å². The Kier molecular flexibility index (Phi) is 7.60. The summed E-state index contributed by atoms with van der Waals surface area (Å²) < 4.78 is 5.40. The van der Waals surface area contributed by atoms with E-state index in [1.54, 1.807) is 12.1 Å². The molecular formula is C26H38N4O. The van der Waals surface area contributed by atoms with Gasteiger partial charge in [-0.2, -0.15) is 0 Å². The van der Waals surface area contributed by atoms with E-state index in [0.29, 0.717) is 6.04 Å². The maximum atomic E-state index is 6.78. The Balaban J connectivity index is 2.11. The normalized spacial score (nSPS) is 17.6. The minimum absolute atomic E-state index is 0.417. The van der Waals surface area contributed by atoms with Crippen LogP contribution in [0.15, 0.2) is 52.6 Å². The molecule has 3 rings (SSSR count). The van der Waals surface area contributed by atoms with E-state index < -0.39 is 0 Å². The van der Waals surface area contributed by atoms with Crippen LogP contribution in [0.2, 0.25) is 0 Å². The van der Waals surface area contributed by atoms with Crippen LogP contribution >= 0.6 is 0 Å². The van der Waals surface area contributed by atoms with Crippen molar-refractivity contribution in [1.82, 2.24) is 10.3 Å². The zero-order valence-corrected chi connectivity index (χ0v) is 19.8. The minimum atomic E-state index is 0.417. The summed E-state index contributed by atoms with van der Waals surface area (Å²) >= 11 is 0. The van der Waals surface area contributed by atoms with Gasteiger partial charge in [-0.25, -0.2) is 15.8 Å². The molecule has 0 aromatic heterocycles. The van der Waals surface area contributed by atoms with Crippen molar-refractivity contribution in [1.29, 1.82) is 0 Å². The first-order valence-electron chi connectivity index (χ1n) is 11.6. The molecule has 1 heterocycles. The predicted octanol–water partition coefficient (Wildman–Crippen LogP) is 5.83. The fourth-order valence-corrected chi connectivity index (χ4v) is 4.64. The molecule has 1 aromatic carbocycles. The minimum Gasteiger partial charge on any atom is -0.497 e. The molecule has 3 N–H and O–H groups in total. The second-order valence-electron chi connectivity index (χ2n) is 8.69. The Bertz CT molecular complexity index is 919. The number of benzene rings is 1. The van der Waals surface area contributed by atoms with E-state index in [2.05, 4.69) is 38.7 Å². The first-order chi connectivity index (χ1) is 14.9. The fourth-order valence-electron chi connectivity index (χ4n) is 4.64. The summed E-state index contributed by atoms with van der Waals surface area (Å²) in [6, 6.07) is 6.53. The van der Waals surface area contributed by atoms with Crippen molar-refractivity contribution in [3.05, 3.63) is 58.7 Å². The Morgan fingerprint density at radius 3 is 2.55 bits per heavy atom. The third-order valence-electron chi connectivity index (χ3n) is 6.15. The number of nitrogens with two attached hydrogens (primary N) is 1. The molecule has 5 heteroatoms. The smallest absolute Gasteiger partial charge is 0.157 e. The molecule has 0 atom stereocenters. The molecular weight excluding hydrogens is 384 g/mol. The number of allylic oxidation sites excluding steroid dienone is 3. The van der Waals surface area contributed by atoms with Crippen LogP contribution in [0.1, 0.15) is 76.8 Å². The maximum absolute atomic E-state index is 6.78. The molecule has 31 heavy (non-hydrogen) atoms. The second-order valence-corrected chi connectivity index (χ2v) is 8.69. The average Bonchev–Trinajstić information content (AvgIpc) is 3.20. The van der Waals surface area contributed by atoms with Crippen molar-refractivity contribution in [3.8, 4) is 5.75 Å². The van der Waals surface area contributed by atoms with Gasteiger partial charge in [-0.05, 0) is 74.8 Å². The molecule has 1 aliphatic heterocycles. The van der Waals surface area contributed by atoms with E-state index in [0.717, 1.165) is 90.3 Å². The van der Waals surface area contributed by atoms with Crippen LogP contribution in [0.3, 0.4) is 0 Å². The molecule has 168 valence electrons. The van der Waals surface area contributed by atoms with Gasteiger partial charge < -0.3 is 10.1 Å². The summed E-state index contributed by atoms with van der Waals surface area (Å²) in [6.07, 6.45) is 7.71. The summed E-state index contributed by atoms with van der Waals surface area (Å²) in [4.78, 5) is 5.06. The molecule has 2 aliphatic rings. The highest BCUT2D eigenvalue weighted by atomic mass is 16.5. The van der Waals surface area contributed by atoms with Crippen molar-refractivity contribution in [2.24, 2.45) is 10.8 Å². The Hall–Kier alpha value is -2.53. The number of rotatable bonds is 9. The number of hydrogen-bond donors (Lipinski definition) is 2. The van der Waals surface area contributed by atoms with Crippen LogP contribution in [0.4, 0.5) is 0 Å². The van der Waals surface area contributed by atoms with Crippen LogP contribution < -0.4 is 15.9 Å². The van der Waals surface area contributed by atoms with Gasteiger partial charge in [0, 0.05) is 22.9 Å². The van der Waals surface area contributed by atoms with Crippen LogP contribution in [0, 0.1) is 6.92 Å². The van der Waals surface area contributed by atoms with Crippen molar-refractivity contribution in [2.75, 3.05) is 7.11 Å². The zero-order chi connectivity index (χ0) is 22.5. The van der Waals surface area contributed by atoms with E-state index in [-0.39, 0.29) is 0 Å². The van der Waals surface area contributed by atoms with E-state index in [4.69, 9.17) is 15.6 Å². The lowest BCUT2D eigenvalue weighted by Crippen LogP contribution is -2.44. The molecule has 1 aliphatic carbocycles. The monoisotopic (exact) mass is 422 g/mol. The molecule has 1 aromatic rings. The molecule has 0 unspecified atom stereocenters. The fraction of sp³-hybridized carbons (Fsp3) is 0.500. The third kappa shape index (κ3) is 4.87. The highest BCUT2D eigenvalue weighted by molar-refractivity contribution is 6.04. The lowest BCUT2D eigenvalue weighted by molar-refractivity contribution is 0.357. The summed E-state index contributed by atoms with van der Waals surface area (Å²) in [7, 11) is 1.69. The van der Waals surface area contributed by atoms with Crippen LogP contribution in [0.5, 0.6) is 5.75 Å². The molecule has 0 amide bonds. The van der Waals surface area contributed by atoms with Gasteiger partial charge in [0.1, 0.15) is 11.6 Å². The molecule has 5 nitrogen and oxygen atoms in total. The number of hydrogen-bond acceptors (Lipinski definition) is 5. The summed E-state index contributed by atoms with van der Waals surface area (Å²) in [6.45, 7) is 12.9. The number of nitrogens with one attached hydrogen (secondary N) is 1. The lowest BCUT2D eigenvalue weighted by atomic mass is 9.94. The van der Waals surface area contributed by atoms with E-state index >= 15 is 0 Å². The molecule has 0 bridgehead atoms. The van der Waals surface area contributed by atoms with Crippen molar-refractivity contribution >= 4 is 11.3 Å². The SMILES string of the molecule is C=C(C)/C(=C1/N=C2CCCC2=C(NC(CCC)CCC)N1N)c1ccc(OC)cc1C. The summed E-state index contributed by atoms with van der Waals surface area (Å²) in [5.74, 6) is 9.42. The highest BCUT2D eigenvalue weighted by Gasteiger charge is 2.31. The largest absolute Gasteiger partial charge is 0.497 e.